The minimum atomic E-state index is -0.433. The zero-order chi connectivity index (χ0) is 11.7. The summed E-state index contributed by atoms with van der Waals surface area (Å²) in [4.78, 5) is 0. The minimum absolute atomic E-state index is 0.172. The molecule has 0 aliphatic carbocycles. The average Bonchev–Trinajstić information content (AvgIpc) is 2.18. The van der Waals surface area contributed by atoms with Crippen LogP contribution in [0.3, 0.4) is 0 Å². The highest BCUT2D eigenvalue weighted by Crippen LogP contribution is 2.22. The van der Waals surface area contributed by atoms with E-state index in [4.69, 9.17) is 21.1 Å². The predicted octanol–water partition coefficient (Wildman–Crippen LogP) is 3.96. The Morgan fingerprint density at radius 3 is 2.13 bits per heavy atom. The molecule has 0 aromatic carbocycles. The molecule has 0 aromatic rings. The van der Waals surface area contributed by atoms with Crippen molar-refractivity contribution in [2.75, 3.05) is 12.5 Å². The molecule has 1 saturated heterocycles. The number of alkyl halides is 1. The first-order chi connectivity index (χ1) is 7.05. The van der Waals surface area contributed by atoms with Crippen LogP contribution in [0.1, 0.15) is 53.4 Å². The van der Waals surface area contributed by atoms with Gasteiger partial charge in [0.2, 0.25) is 0 Å². The molecule has 1 heterocycles. The zero-order valence-electron chi connectivity index (χ0n) is 10.5. The van der Waals surface area contributed by atoms with Gasteiger partial charge in [-0.15, -0.1) is 11.6 Å². The SMILES string of the molecule is CC1(C)OCC[C@@H](CCl)O1.CCCCC. The maximum Gasteiger partial charge on any atom is 0.163 e. The Kier molecular flexibility index (Phi) is 8.49. The lowest BCUT2D eigenvalue weighted by Gasteiger charge is -2.35. The highest BCUT2D eigenvalue weighted by atomic mass is 35.5. The van der Waals surface area contributed by atoms with E-state index in [1.54, 1.807) is 0 Å². The molecular weight excluding hydrogens is 212 g/mol. The molecule has 0 radical (unpaired) electrons. The van der Waals surface area contributed by atoms with E-state index in [0.29, 0.717) is 5.88 Å². The van der Waals surface area contributed by atoms with Crippen LogP contribution in [0.4, 0.5) is 0 Å². The molecule has 2 nitrogen and oxygen atoms in total. The lowest BCUT2D eigenvalue weighted by atomic mass is 10.2. The summed E-state index contributed by atoms with van der Waals surface area (Å²) < 4.78 is 10.8. The van der Waals surface area contributed by atoms with Gasteiger partial charge in [-0.1, -0.05) is 33.1 Å². The predicted molar refractivity (Wildman–Crippen MR) is 65.4 cm³/mol. The van der Waals surface area contributed by atoms with E-state index in [9.17, 15) is 0 Å². The molecule has 1 fully saturated rings. The second-order valence-corrected chi connectivity index (χ2v) is 4.59. The highest BCUT2D eigenvalue weighted by Gasteiger charge is 2.28. The summed E-state index contributed by atoms with van der Waals surface area (Å²) >= 11 is 5.63. The summed E-state index contributed by atoms with van der Waals surface area (Å²) in [6.45, 7) is 8.99. The van der Waals surface area contributed by atoms with Crippen LogP contribution in [0.2, 0.25) is 0 Å². The Labute approximate surface area is 99.3 Å². The number of unbranched alkanes of at least 4 members (excludes halogenated alkanes) is 2. The Bertz CT molecular complexity index is 147. The lowest BCUT2D eigenvalue weighted by Crippen LogP contribution is -2.40. The Balaban J connectivity index is 0.000000336. The summed E-state index contributed by atoms with van der Waals surface area (Å²) in [5, 5.41) is 0. The Hall–Kier alpha value is 0.210. The molecule has 1 atom stereocenters. The molecule has 0 saturated carbocycles. The summed E-state index contributed by atoms with van der Waals surface area (Å²) in [6.07, 6.45) is 5.16. The normalized spacial score (nSPS) is 24.2. The van der Waals surface area contributed by atoms with Gasteiger partial charge < -0.3 is 9.47 Å². The molecule has 1 aliphatic rings. The van der Waals surface area contributed by atoms with Crippen molar-refractivity contribution in [2.45, 2.75) is 65.3 Å². The zero-order valence-corrected chi connectivity index (χ0v) is 11.3. The molecule has 3 heteroatoms. The number of ether oxygens (including phenoxy) is 2. The summed E-state index contributed by atoms with van der Waals surface area (Å²) in [5.74, 6) is 0.130. The van der Waals surface area contributed by atoms with Gasteiger partial charge in [0.15, 0.2) is 5.79 Å². The van der Waals surface area contributed by atoms with Crippen molar-refractivity contribution >= 4 is 11.6 Å². The van der Waals surface area contributed by atoms with E-state index in [0.717, 1.165) is 13.0 Å². The van der Waals surface area contributed by atoms with E-state index in [2.05, 4.69) is 13.8 Å². The largest absolute Gasteiger partial charge is 0.350 e. The summed E-state index contributed by atoms with van der Waals surface area (Å²) in [5.41, 5.74) is 0. The number of hydrogen-bond donors (Lipinski definition) is 0. The molecule has 0 spiro atoms. The average molecular weight is 237 g/mol. The van der Waals surface area contributed by atoms with Crippen molar-refractivity contribution in [1.82, 2.24) is 0 Å². The van der Waals surface area contributed by atoms with Gasteiger partial charge in [-0.25, -0.2) is 0 Å². The molecule has 0 bridgehead atoms. The molecule has 1 rings (SSSR count). The van der Waals surface area contributed by atoms with Crippen LogP contribution in [-0.2, 0) is 9.47 Å². The summed E-state index contributed by atoms with van der Waals surface area (Å²) in [7, 11) is 0. The van der Waals surface area contributed by atoms with Crippen LogP contribution < -0.4 is 0 Å². The van der Waals surface area contributed by atoms with Gasteiger partial charge in [0.25, 0.3) is 0 Å². The molecule has 0 amide bonds. The number of halogens is 1. The van der Waals surface area contributed by atoms with Gasteiger partial charge in [0.1, 0.15) is 0 Å². The molecule has 0 aromatic heterocycles. The molecule has 0 unspecified atom stereocenters. The van der Waals surface area contributed by atoms with E-state index in [1.165, 1.54) is 19.3 Å². The van der Waals surface area contributed by atoms with E-state index in [-0.39, 0.29) is 6.10 Å². The van der Waals surface area contributed by atoms with Crippen molar-refractivity contribution in [3.05, 3.63) is 0 Å². The second kappa shape index (κ2) is 8.37. The van der Waals surface area contributed by atoms with Crippen LogP contribution in [0, 0.1) is 0 Å². The molecule has 92 valence electrons. The van der Waals surface area contributed by atoms with E-state index < -0.39 is 5.79 Å². The maximum atomic E-state index is 5.63. The fourth-order valence-electron chi connectivity index (χ4n) is 1.39. The second-order valence-electron chi connectivity index (χ2n) is 4.28. The molecule has 0 N–H and O–H groups in total. The third kappa shape index (κ3) is 8.06. The smallest absolute Gasteiger partial charge is 0.163 e. The van der Waals surface area contributed by atoms with Crippen LogP contribution in [0.15, 0.2) is 0 Å². The Morgan fingerprint density at radius 1 is 1.27 bits per heavy atom. The van der Waals surface area contributed by atoms with Gasteiger partial charge in [-0.3, -0.25) is 0 Å². The van der Waals surface area contributed by atoms with Crippen molar-refractivity contribution in [3.63, 3.8) is 0 Å². The van der Waals surface area contributed by atoms with Gasteiger partial charge >= 0.3 is 0 Å². The van der Waals surface area contributed by atoms with Crippen molar-refractivity contribution in [2.24, 2.45) is 0 Å². The van der Waals surface area contributed by atoms with Crippen LogP contribution in [0.25, 0.3) is 0 Å². The van der Waals surface area contributed by atoms with Crippen molar-refractivity contribution < 1.29 is 9.47 Å². The number of rotatable bonds is 3. The van der Waals surface area contributed by atoms with Crippen molar-refractivity contribution in [3.8, 4) is 0 Å². The van der Waals surface area contributed by atoms with Crippen LogP contribution in [-0.4, -0.2) is 24.4 Å². The third-order valence-corrected chi connectivity index (χ3v) is 2.56. The van der Waals surface area contributed by atoms with Crippen LogP contribution in [0.5, 0.6) is 0 Å². The third-order valence-electron chi connectivity index (χ3n) is 2.22. The molecular formula is C12H25ClO2. The fraction of sp³-hybridized carbons (Fsp3) is 1.00. The molecule has 1 aliphatic heterocycles. The highest BCUT2D eigenvalue weighted by molar-refractivity contribution is 6.18. The van der Waals surface area contributed by atoms with Gasteiger partial charge in [-0.05, 0) is 20.3 Å². The minimum Gasteiger partial charge on any atom is -0.350 e. The topological polar surface area (TPSA) is 18.5 Å². The monoisotopic (exact) mass is 236 g/mol. The first-order valence-corrected chi connectivity index (χ1v) is 6.47. The number of hydrogen-bond acceptors (Lipinski definition) is 2. The van der Waals surface area contributed by atoms with Gasteiger partial charge in [-0.2, -0.15) is 0 Å². The van der Waals surface area contributed by atoms with Gasteiger partial charge in [0, 0.05) is 5.88 Å². The maximum absolute atomic E-state index is 5.63. The fourth-order valence-corrected chi connectivity index (χ4v) is 1.61. The van der Waals surface area contributed by atoms with Gasteiger partial charge in [0.05, 0.1) is 12.7 Å². The lowest BCUT2D eigenvalue weighted by molar-refractivity contribution is -0.268. The quantitative estimate of drug-likeness (QED) is 0.691. The Morgan fingerprint density at radius 2 is 1.87 bits per heavy atom. The van der Waals surface area contributed by atoms with E-state index >= 15 is 0 Å². The standard InChI is InChI=1S/C7H13ClO2.C5H12/c1-7(2)9-4-3-6(5-8)10-7;1-3-5-4-2/h6H,3-5H2,1-2H3;3-5H2,1-2H3/t6-;/m0./s1. The molecule has 15 heavy (non-hydrogen) atoms. The van der Waals surface area contributed by atoms with Crippen LogP contribution >= 0.6 is 11.6 Å². The summed E-state index contributed by atoms with van der Waals surface area (Å²) in [6, 6.07) is 0. The first-order valence-electron chi connectivity index (χ1n) is 5.93. The van der Waals surface area contributed by atoms with Crippen molar-refractivity contribution in [1.29, 1.82) is 0 Å². The van der Waals surface area contributed by atoms with E-state index in [1.807, 2.05) is 13.8 Å². The first kappa shape index (κ1) is 15.2.